The molecule has 0 bridgehead atoms. The highest BCUT2D eigenvalue weighted by molar-refractivity contribution is 6.12. The van der Waals surface area contributed by atoms with Crippen LogP contribution in [-0.2, 0) is 7.05 Å². The second-order valence-electron chi connectivity index (χ2n) is 4.20. The second kappa shape index (κ2) is 4.69. The van der Waals surface area contributed by atoms with Gasteiger partial charge in [-0.15, -0.1) is 5.10 Å². The van der Waals surface area contributed by atoms with E-state index in [2.05, 4.69) is 20.7 Å². The van der Waals surface area contributed by atoms with Crippen molar-refractivity contribution in [2.24, 2.45) is 7.05 Å². The fraction of sp³-hybridized carbons (Fsp3) is 0.0769. The number of nitrogens with zero attached hydrogens (tertiary/aromatic N) is 4. The molecule has 1 aromatic heterocycles. The number of rotatable bonds is 2. The molecule has 0 saturated carbocycles. The van der Waals surface area contributed by atoms with Gasteiger partial charge in [-0.05, 0) is 22.7 Å². The Kier molecular flexibility index (Phi) is 2.86. The van der Waals surface area contributed by atoms with E-state index >= 15 is 0 Å². The minimum atomic E-state index is -0.408. The number of tetrazole rings is 1. The lowest BCUT2D eigenvalue weighted by molar-refractivity contribution is 0.102. The van der Waals surface area contributed by atoms with E-state index in [0.717, 1.165) is 0 Å². The molecule has 0 aliphatic rings. The van der Waals surface area contributed by atoms with E-state index in [1.165, 1.54) is 16.9 Å². The highest BCUT2D eigenvalue weighted by Gasteiger charge is 2.14. The zero-order valence-electron chi connectivity index (χ0n) is 10.5. The van der Waals surface area contributed by atoms with Crippen LogP contribution in [-0.4, -0.2) is 26.1 Å². The zero-order valence-corrected chi connectivity index (χ0v) is 10.5. The monoisotopic (exact) mass is 271 g/mol. The highest BCUT2D eigenvalue weighted by Crippen LogP contribution is 2.22. The van der Waals surface area contributed by atoms with Gasteiger partial charge in [-0.25, -0.2) is 4.39 Å². The van der Waals surface area contributed by atoms with Gasteiger partial charge in [0.1, 0.15) is 5.82 Å². The summed E-state index contributed by atoms with van der Waals surface area (Å²) in [5.41, 5.74) is 0.356. The molecule has 0 saturated heterocycles. The number of hydrogen-bond donors (Lipinski definition) is 1. The van der Waals surface area contributed by atoms with Gasteiger partial charge in [0.05, 0.1) is 7.05 Å². The number of fused-ring (bicyclic) bond motifs is 1. The largest absolute Gasteiger partial charge is 0.288 e. The van der Waals surface area contributed by atoms with Crippen LogP contribution in [0.5, 0.6) is 0 Å². The third-order valence-corrected chi connectivity index (χ3v) is 2.85. The molecule has 1 N–H and O–H groups in total. The number of amides is 1. The maximum absolute atomic E-state index is 13.7. The molecule has 0 aliphatic heterocycles. The minimum Gasteiger partial charge on any atom is -0.288 e. The summed E-state index contributed by atoms with van der Waals surface area (Å²) in [4.78, 5) is 13.4. The van der Waals surface area contributed by atoms with Gasteiger partial charge < -0.3 is 0 Å². The summed E-state index contributed by atoms with van der Waals surface area (Å²) in [5.74, 6) is -0.671. The maximum atomic E-state index is 13.7. The molecular weight excluding hydrogens is 261 g/mol. The number of carbonyl (C=O) groups is 1. The normalized spacial score (nSPS) is 10.7. The average molecular weight is 271 g/mol. The molecular formula is C13H10FN5O. The van der Waals surface area contributed by atoms with Gasteiger partial charge in [0.2, 0.25) is 0 Å². The summed E-state index contributed by atoms with van der Waals surface area (Å²) in [6, 6.07) is 9.49. The standard InChI is InChI=1S/C13H10FN5O/c1-19-17-13(16-18-19)15-12(20)10-6-7-11(14)9-5-3-2-4-8(9)10/h2-7H,1H3,(H,15,17,20). The molecule has 0 atom stereocenters. The van der Waals surface area contributed by atoms with E-state index in [4.69, 9.17) is 0 Å². The van der Waals surface area contributed by atoms with Crippen LogP contribution in [0.2, 0.25) is 0 Å². The number of benzene rings is 2. The Hall–Kier alpha value is -2.83. The number of aromatic nitrogens is 4. The number of halogens is 1. The maximum Gasteiger partial charge on any atom is 0.270 e. The molecule has 3 aromatic rings. The molecule has 0 spiro atoms. The summed E-state index contributed by atoms with van der Waals surface area (Å²) < 4.78 is 13.7. The van der Waals surface area contributed by atoms with E-state index in [1.54, 1.807) is 31.3 Å². The number of anilines is 1. The van der Waals surface area contributed by atoms with Gasteiger partial charge in [-0.2, -0.15) is 4.80 Å². The summed E-state index contributed by atoms with van der Waals surface area (Å²) in [5, 5.41) is 14.6. The quantitative estimate of drug-likeness (QED) is 0.770. The van der Waals surface area contributed by atoms with Crippen LogP contribution >= 0.6 is 0 Å². The Morgan fingerprint density at radius 2 is 1.95 bits per heavy atom. The average Bonchev–Trinajstić information content (AvgIpc) is 2.84. The van der Waals surface area contributed by atoms with E-state index in [0.29, 0.717) is 16.3 Å². The van der Waals surface area contributed by atoms with Crippen molar-refractivity contribution in [1.82, 2.24) is 20.2 Å². The lowest BCUT2D eigenvalue weighted by Crippen LogP contribution is -2.14. The summed E-state index contributed by atoms with van der Waals surface area (Å²) >= 11 is 0. The first-order chi connectivity index (χ1) is 9.65. The smallest absolute Gasteiger partial charge is 0.270 e. The molecule has 0 unspecified atom stereocenters. The molecule has 100 valence electrons. The molecule has 1 amide bonds. The van der Waals surface area contributed by atoms with Gasteiger partial charge in [0.15, 0.2) is 0 Å². The zero-order chi connectivity index (χ0) is 14.1. The molecule has 3 rings (SSSR count). The number of nitrogens with one attached hydrogen (secondary N) is 1. The fourth-order valence-electron chi connectivity index (χ4n) is 1.96. The number of carbonyl (C=O) groups excluding carboxylic acids is 1. The van der Waals surface area contributed by atoms with E-state index in [9.17, 15) is 9.18 Å². The lowest BCUT2D eigenvalue weighted by atomic mass is 10.0. The van der Waals surface area contributed by atoms with Crippen LogP contribution in [0.1, 0.15) is 10.4 Å². The van der Waals surface area contributed by atoms with E-state index < -0.39 is 5.91 Å². The van der Waals surface area contributed by atoms with Crippen molar-refractivity contribution in [2.75, 3.05) is 5.32 Å². The van der Waals surface area contributed by atoms with Crippen molar-refractivity contribution < 1.29 is 9.18 Å². The first-order valence-electron chi connectivity index (χ1n) is 5.88. The third-order valence-electron chi connectivity index (χ3n) is 2.85. The van der Waals surface area contributed by atoms with Crippen molar-refractivity contribution in [1.29, 1.82) is 0 Å². The molecule has 1 heterocycles. The van der Waals surface area contributed by atoms with Crippen LogP contribution in [0.25, 0.3) is 10.8 Å². The van der Waals surface area contributed by atoms with Crippen LogP contribution in [0.4, 0.5) is 10.3 Å². The Morgan fingerprint density at radius 3 is 2.65 bits per heavy atom. The van der Waals surface area contributed by atoms with Gasteiger partial charge in [-0.1, -0.05) is 29.4 Å². The first-order valence-corrected chi connectivity index (χ1v) is 5.88. The van der Waals surface area contributed by atoms with Crippen molar-refractivity contribution in [3.63, 3.8) is 0 Å². The predicted molar refractivity (Wildman–Crippen MR) is 70.7 cm³/mol. The van der Waals surface area contributed by atoms with E-state index in [-0.39, 0.29) is 11.8 Å². The Morgan fingerprint density at radius 1 is 1.20 bits per heavy atom. The molecule has 2 aromatic carbocycles. The van der Waals surface area contributed by atoms with Crippen LogP contribution < -0.4 is 5.32 Å². The molecule has 0 fully saturated rings. The Bertz CT molecular complexity index is 798. The molecule has 6 nitrogen and oxygen atoms in total. The predicted octanol–water partition coefficient (Wildman–Crippen LogP) is 1.75. The lowest BCUT2D eigenvalue weighted by Gasteiger charge is -2.06. The van der Waals surface area contributed by atoms with Crippen molar-refractivity contribution >= 4 is 22.6 Å². The van der Waals surface area contributed by atoms with Crippen LogP contribution in [0.15, 0.2) is 36.4 Å². The van der Waals surface area contributed by atoms with Crippen LogP contribution in [0.3, 0.4) is 0 Å². The van der Waals surface area contributed by atoms with Gasteiger partial charge in [0, 0.05) is 10.9 Å². The van der Waals surface area contributed by atoms with Gasteiger partial charge in [-0.3, -0.25) is 10.1 Å². The third kappa shape index (κ3) is 2.09. The van der Waals surface area contributed by atoms with Crippen LogP contribution in [0, 0.1) is 5.82 Å². The summed E-state index contributed by atoms with van der Waals surface area (Å²) in [6.45, 7) is 0. The topological polar surface area (TPSA) is 72.7 Å². The summed E-state index contributed by atoms with van der Waals surface area (Å²) in [6.07, 6.45) is 0. The van der Waals surface area contributed by atoms with Crippen molar-refractivity contribution in [3.8, 4) is 0 Å². The van der Waals surface area contributed by atoms with Crippen molar-refractivity contribution in [2.45, 2.75) is 0 Å². The van der Waals surface area contributed by atoms with E-state index in [1.807, 2.05) is 0 Å². The molecule has 0 aliphatic carbocycles. The molecule has 20 heavy (non-hydrogen) atoms. The fourth-order valence-corrected chi connectivity index (χ4v) is 1.96. The summed E-state index contributed by atoms with van der Waals surface area (Å²) in [7, 11) is 1.59. The highest BCUT2D eigenvalue weighted by atomic mass is 19.1. The van der Waals surface area contributed by atoms with Gasteiger partial charge >= 0.3 is 0 Å². The van der Waals surface area contributed by atoms with Gasteiger partial charge in [0.25, 0.3) is 11.9 Å². The second-order valence-corrected chi connectivity index (χ2v) is 4.20. The Labute approximate surface area is 113 Å². The number of hydrogen-bond acceptors (Lipinski definition) is 4. The minimum absolute atomic E-state index is 0.103. The Balaban J connectivity index is 2.01. The number of aryl methyl sites for hydroxylation is 1. The first kappa shape index (κ1) is 12.2. The van der Waals surface area contributed by atoms with Crippen molar-refractivity contribution in [3.05, 3.63) is 47.8 Å². The SMILES string of the molecule is Cn1nnc(NC(=O)c2ccc(F)c3ccccc23)n1. The molecule has 7 heteroatoms. The molecule has 0 radical (unpaired) electrons.